The van der Waals surface area contributed by atoms with Crippen molar-refractivity contribution in [2.75, 3.05) is 26.2 Å². The first kappa shape index (κ1) is 9.44. The summed E-state index contributed by atoms with van der Waals surface area (Å²) in [7, 11) is 0. The number of piperidine rings is 1. The largest absolute Gasteiger partial charge is 0.375 e. The summed E-state index contributed by atoms with van der Waals surface area (Å²) in [6.45, 7) is 4.26. The molecule has 2 aliphatic rings. The van der Waals surface area contributed by atoms with Crippen LogP contribution >= 0.6 is 0 Å². The van der Waals surface area contributed by atoms with E-state index in [-0.39, 0.29) is 0 Å². The van der Waals surface area contributed by atoms with E-state index >= 15 is 0 Å². The predicted octanol–water partition coefficient (Wildman–Crippen LogP) is 0.507. The first-order valence-corrected chi connectivity index (χ1v) is 5.51. The standard InChI is InChI=1S/C10H20N2O/c1-2-5-12-9(3-1)8-13-10-4-6-11-7-10/h9-12H,1-8H2. The Morgan fingerprint density at radius 1 is 1.15 bits per heavy atom. The van der Waals surface area contributed by atoms with Crippen LogP contribution in [0.25, 0.3) is 0 Å². The van der Waals surface area contributed by atoms with Gasteiger partial charge in [-0.3, -0.25) is 0 Å². The minimum atomic E-state index is 0.476. The monoisotopic (exact) mass is 184 g/mol. The van der Waals surface area contributed by atoms with Gasteiger partial charge in [-0.1, -0.05) is 6.42 Å². The molecule has 0 amide bonds. The lowest BCUT2D eigenvalue weighted by Crippen LogP contribution is -2.38. The third-order valence-electron chi connectivity index (χ3n) is 2.96. The van der Waals surface area contributed by atoms with E-state index in [1.165, 1.54) is 32.2 Å². The average molecular weight is 184 g/mol. The van der Waals surface area contributed by atoms with Gasteiger partial charge < -0.3 is 15.4 Å². The van der Waals surface area contributed by atoms with Crippen molar-refractivity contribution in [2.45, 2.75) is 37.8 Å². The quantitative estimate of drug-likeness (QED) is 0.670. The highest BCUT2D eigenvalue weighted by Crippen LogP contribution is 2.09. The highest BCUT2D eigenvalue weighted by Gasteiger charge is 2.18. The number of hydrogen-bond donors (Lipinski definition) is 2. The average Bonchev–Trinajstić information content (AvgIpc) is 2.69. The molecule has 2 aliphatic heterocycles. The number of nitrogens with one attached hydrogen (secondary N) is 2. The molecule has 0 aliphatic carbocycles. The lowest BCUT2D eigenvalue weighted by atomic mass is 10.1. The Balaban J connectivity index is 1.60. The van der Waals surface area contributed by atoms with Crippen molar-refractivity contribution in [3.05, 3.63) is 0 Å². The number of rotatable bonds is 3. The number of hydrogen-bond acceptors (Lipinski definition) is 3. The maximum absolute atomic E-state index is 5.82. The van der Waals surface area contributed by atoms with Crippen LogP contribution in [0.2, 0.25) is 0 Å². The number of ether oxygens (including phenoxy) is 1. The van der Waals surface area contributed by atoms with E-state index in [0.717, 1.165) is 19.7 Å². The molecule has 0 spiro atoms. The van der Waals surface area contributed by atoms with Crippen LogP contribution in [0, 0.1) is 0 Å². The summed E-state index contributed by atoms with van der Waals surface area (Å²) in [4.78, 5) is 0. The third-order valence-corrected chi connectivity index (χ3v) is 2.96. The normalized spacial score (nSPS) is 35.1. The maximum atomic E-state index is 5.82. The van der Waals surface area contributed by atoms with Crippen LogP contribution in [0.4, 0.5) is 0 Å². The van der Waals surface area contributed by atoms with Crippen LogP contribution in [0.15, 0.2) is 0 Å². The van der Waals surface area contributed by atoms with Gasteiger partial charge in [0, 0.05) is 12.6 Å². The van der Waals surface area contributed by atoms with Crippen molar-refractivity contribution in [1.82, 2.24) is 10.6 Å². The zero-order valence-electron chi connectivity index (χ0n) is 8.22. The van der Waals surface area contributed by atoms with Crippen LogP contribution < -0.4 is 10.6 Å². The molecule has 2 rings (SSSR count). The van der Waals surface area contributed by atoms with Crippen molar-refractivity contribution >= 4 is 0 Å². The first-order valence-electron chi connectivity index (χ1n) is 5.51. The molecular formula is C10H20N2O. The van der Waals surface area contributed by atoms with Crippen molar-refractivity contribution in [3.63, 3.8) is 0 Å². The second-order valence-corrected chi connectivity index (χ2v) is 4.09. The molecule has 0 aromatic rings. The van der Waals surface area contributed by atoms with Gasteiger partial charge in [0.2, 0.25) is 0 Å². The molecule has 2 heterocycles. The molecule has 2 saturated heterocycles. The Hall–Kier alpha value is -0.120. The lowest BCUT2D eigenvalue weighted by Gasteiger charge is -2.24. The minimum absolute atomic E-state index is 0.476. The smallest absolute Gasteiger partial charge is 0.0712 e. The fourth-order valence-corrected chi connectivity index (χ4v) is 2.09. The van der Waals surface area contributed by atoms with Crippen LogP contribution in [-0.4, -0.2) is 38.4 Å². The van der Waals surface area contributed by atoms with Gasteiger partial charge in [0.1, 0.15) is 0 Å². The molecule has 2 unspecified atom stereocenters. The summed E-state index contributed by atoms with van der Waals surface area (Å²) in [6, 6.07) is 0.620. The SMILES string of the molecule is C1CCC(COC2CCNC2)NC1. The second kappa shape index (κ2) is 4.94. The molecule has 0 saturated carbocycles. The van der Waals surface area contributed by atoms with Gasteiger partial charge in [0.15, 0.2) is 0 Å². The van der Waals surface area contributed by atoms with Crippen molar-refractivity contribution in [2.24, 2.45) is 0 Å². The second-order valence-electron chi connectivity index (χ2n) is 4.09. The Kier molecular flexibility index (Phi) is 3.58. The van der Waals surface area contributed by atoms with E-state index in [1.54, 1.807) is 0 Å². The Morgan fingerprint density at radius 2 is 2.15 bits per heavy atom. The molecule has 2 fully saturated rings. The molecule has 3 nitrogen and oxygen atoms in total. The molecule has 76 valence electrons. The van der Waals surface area contributed by atoms with Gasteiger partial charge in [-0.15, -0.1) is 0 Å². The van der Waals surface area contributed by atoms with Gasteiger partial charge >= 0.3 is 0 Å². The highest BCUT2D eigenvalue weighted by molar-refractivity contribution is 4.75. The van der Waals surface area contributed by atoms with E-state index in [1.807, 2.05) is 0 Å². The molecule has 2 atom stereocenters. The van der Waals surface area contributed by atoms with Gasteiger partial charge in [0.25, 0.3) is 0 Å². The van der Waals surface area contributed by atoms with Crippen molar-refractivity contribution < 1.29 is 4.74 Å². The first-order chi connectivity index (χ1) is 6.45. The van der Waals surface area contributed by atoms with E-state index in [4.69, 9.17) is 4.74 Å². The van der Waals surface area contributed by atoms with Gasteiger partial charge in [0.05, 0.1) is 12.7 Å². The van der Waals surface area contributed by atoms with Crippen molar-refractivity contribution in [1.29, 1.82) is 0 Å². The summed E-state index contributed by atoms with van der Waals surface area (Å²) in [5, 5.41) is 6.81. The Morgan fingerprint density at radius 3 is 2.85 bits per heavy atom. The predicted molar refractivity (Wildman–Crippen MR) is 52.9 cm³/mol. The Labute approximate surface area is 80.2 Å². The molecule has 0 aromatic carbocycles. The molecule has 3 heteroatoms. The van der Waals surface area contributed by atoms with Crippen LogP contribution in [0.5, 0.6) is 0 Å². The van der Waals surface area contributed by atoms with E-state index < -0.39 is 0 Å². The zero-order valence-corrected chi connectivity index (χ0v) is 8.22. The summed E-state index contributed by atoms with van der Waals surface area (Å²) >= 11 is 0. The molecular weight excluding hydrogens is 164 g/mol. The molecule has 13 heavy (non-hydrogen) atoms. The van der Waals surface area contributed by atoms with Crippen LogP contribution in [0.3, 0.4) is 0 Å². The van der Waals surface area contributed by atoms with Gasteiger partial charge in [-0.2, -0.15) is 0 Å². The van der Waals surface area contributed by atoms with E-state index in [2.05, 4.69) is 10.6 Å². The summed E-state index contributed by atoms with van der Waals surface area (Å²) in [6.07, 6.45) is 5.65. The Bertz CT molecular complexity index is 140. The summed E-state index contributed by atoms with van der Waals surface area (Å²) in [5.74, 6) is 0. The fraction of sp³-hybridized carbons (Fsp3) is 1.00. The van der Waals surface area contributed by atoms with Crippen LogP contribution in [0.1, 0.15) is 25.7 Å². The topological polar surface area (TPSA) is 33.3 Å². The zero-order chi connectivity index (χ0) is 8.93. The minimum Gasteiger partial charge on any atom is -0.375 e. The molecule has 2 N–H and O–H groups in total. The summed E-state index contributed by atoms with van der Waals surface area (Å²) < 4.78 is 5.82. The van der Waals surface area contributed by atoms with E-state index in [0.29, 0.717) is 12.1 Å². The van der Waals surface area contributed by atoms with Gasteiger partial charge in [-0.05, 0) is 32.4 Å². The third kappa shape index (κ3) is 2.93. The fourth-order valence-electron chi connectivity index (χ4n) is 2.09. The highest BCUT2D eigenvalue weighted by atomic mass is 16.5. The van der Waals surface area contributed by atoms with E-state index in [9.17, 15) is 0 Å². The summed E-state index contributed by atoms with van der Waals surface area (Å²) in [5.41, 5.74) is 0. The molecule has 0 radical (unpaired) electrons. The van der Waals surface area contributed by atoms with Gasteiger partial charge in [-0.25, -0.2) is 0 Å². The molecule has 0 bridgehead atoms. The lowest BCUT2D eigenvalue weighted by molar-refractivity contribution is 0.0457. The maximum Gasteiger partial charge on any atom is 0.0712 e. The van der Waals surface area contributed by atoms with Crippen molar-refractivity contribution in [3.8, 4) is 0 Å². The van der Waals surface area contributed by atoms with Crippen LogP contribution in [-0.2, 0) is 4.74 Å². The molecule has 0 aromatic heterocycles.